The van der Waals surface area contributed by atoms with Gasteiger partial charge in [-0.05, 0) is 66.2 Å². The van der Waals surface area contributed by atoms with Crippen LogP contribution < -0.4 is 4.74 Å². The quantitative estimate of drug-likeness (QED) is 0.261. The van der Waals surface area contributed by atoms with E-state index in [2.05, 4.69) is 27.4 Å². The predicted molar refractivity (Wildman–Crippen MR) is 123 cm³/mol. The molecule has 0 aliphatic heterocycles. The van der Waals surface area contributed by atoms with Crippen LogP contribution in [-0.2, 0) is 14.6 Å². The van der Waals surface area contributed by atoms with Crippen molar-refractivity contribution in [3.05, 3.63) is 60.6 Å². The van der Waals surface area contributed by atoms with Gasteiger partial charge in [0.05, 0.1) is 34.9 Å². The molecule has 0 fully saturated rings. The van der Waals surface area contributed by atoms with Crippen LogP contribution in [0.1, 0.15) is 37.0 Å². The maximum atomic E-state index is 13.6. The predicted octanol–water partition coefficient (Wildman–Crippen LogP) is 3.40. The molecule has 0 radical (unpaired) electrons. The van der Waals surface area contributed by atoms with Gasteiger partial charge in [0.15, 0.2) is 0 Å². The first-order valence-corrected chi connectivity index (χ1v) is 12.2. The van der Waals surface area contributed by atoms with Gasteiger partial charge in [-0.2, -0.15) is 4.68 Å². The van der Waals surface area contributed by atoms with Crippen LogP contribution in [0, 0.1) is 0 Å². The molecule has 10 nitrogen and oxygen atoms in total. The molecular formula is C23H23N5O5S. The highest BCUT2D eigenvalue weighted by molar-refractivity contribution is 7.91. The Bertz CT molecular complexity index is 1400. The number of ether oxygens (including phenoxy) is 2. The highest BCUT2D eigenvalue weighted by atomic mass is 32.2. The molecule has 0 aliphatic rings. The maximum Gasteiger partial charge on any atom is 0.338 e. The van der Waals surface area contributed by atoms with Gasteiger partial charge >= 0.3 is 5.97 Å². The number of aromatic nitrogens is 5. The first kappa shape index (κ1) is 23.3. The largest absolute Gasteiger partial charge is 0.494 e. The number of sulfone groups is 1. The van der Waals surface area contributed by atoms with E-state index in [-0.39, 0.29) is 27.6 Å². The summed E-state index contributed by atoms with van der Waals surface area (Å²) in [5.41, 5.74) is 0.912. The second-order valence-electron chi connectivity index (χ2n) is 7.35. The molecule has 0 atom stereocenters. The number of hydrogen-bond acceptors (Lipinski definition) is 9. The SMILES string of the molecule is CCCCOc1ccc(S(=O)(=O)c2cnc3ccc(C(=O)OCC)cc3c2-n2cnnn2)cc1. The molecule has 0 aliphatic carbocycles. The van der Waals surface area contributed by atoms with Gasteiger partial charge in [0.2, 0.25) is 9.84 Å². The van der Waals surface area contributed by atoms with Crippen molar-refractivity contribution in [2.45, 2.75) is 36.5 Å². The van der Waals surface area contributed by atoms with E-state index < -0.39 is 15.8 Å². The third kappa shape index (κ3) is 4.60. The average Bonchev–Trinajstić information content (AvgIpc) is 3.38. The van der Waals surface area contributed by atoms with Gasteiger partial charge in [-0.3, -0.25) is 4.98 Å². The van der Waals surface area contributed by atoms with Crippen molar-refractivity contribution in [3.8, 4) is 11.4 Å². The number of hydrogen-bond donors (Lipinski definition) is 0. The van der Waals surface area contributed by atoms with Crippen molar-refractivity contribution >= 4 is 26.7 Å². The Morgan fingerprint density at radius 3 is 2.56 bits per heavy atom. The number of esters is 1. The number of carbonyl (C=O) groups excluding carboxylic acids is 1. The van der Waals surface area contributed by atoms with Gasteiger partial charge in [-0.1, -0.05) is 13.3 Å². The first-order chi connectivity index (χ1) is 16.5. The molecule has 0 unspecified atom stereocenters. The molecule has 0 saturated heterocycles. The summed E-state index contributed by atoms with van der Waals surface area (Å²) in [5, 5.41) is 11.6. The van der Waals surface area contributed by atoms with Crippen molar-refractivity contribution in [2.75, 3.05) is 13.2 Å². The normalized spacial score (nSPS) is 11.5. The van der Waals surface area contributed by atoms with Gasteiger partial charge in [0.25, 0.3) is 0 Å². The minimum atomic E-state index is -4.02. The number of carbonyl (C=O) groups is 1. The zero-order valence-corrected chi connectivity index (χ0v) is 19.5. The summed E-state index contributed by atoms with van der Waals surface area (Å²) < 4.78 is 39.2. The topological polar surface area (TPSA) is 126 Å². The standard InChI is InChI=1S/C23H23N5O5S/c1-3-5-12-33-17-7-9-18(10-8-17)34(30,31)21-14-24-20-11-6-16(23(29)32-4-2)13-19(20)22(21)28-15-25-26-27-28/h6-11,13-15H,3-5,12H2,1-2H3. The van der Waals surface area contributed by atoms with E-state index in [1.807, 2.05) is 0 Å². The molecule has 2 aromatic heterocycles. The lowest BCUT2D eigenvalue weighted by atomic mass is 10.1. The van der Waals surface area contributed by atoms with E-state index in [0.717, 1.165) is 12.8 Å². The molecule has 34 heavy (non-hydrogen) atoms. The van der Waals surface area contributed by atoms with Crippen LogP contribution in [0.2, 0.25) is 0 Å². The average molecular weight is 482 g/mol. The number of nitrogens with zero attached hydrogens (tertiary/aromatic N) is 5. The van der Waals surface area contributed by atoms with Crippen LogP contribution in [0.25, 0.3) is 16.6 Å². The zero-order chi connectivity index (χ0) is 24.1. The minimum absolute atomic E-state index is 0.0624. The van der Waals surface area contributed by atoms with Crippen molar-refractivity contribution < 1.29 is 22.7 Å². The molecule has 0 amide bonds. The lowest BCUT2D eigenvalue weighted by Crippen LogP contribution is -2.11. The van der Waals surface area contributed by atoms with Gasteiger partial charge in [-0.15, -0.1) is 5.10 Å². The Morgan fingerprint density at radius 2 is 1.88 bits per heavy atom. The van der Waals surface area contributed by atoms with Gasteiger partial charge in [0.1, 0.15) is 17.0 Å². The number of rotatable bonds is 9. The smallest absolute Gasteiger partial charge is 0.338 e. The number of benzene rings is 2. The van der Waals surface area contributed by atoms with Crippen LogP contribution >= 0.6 is 0 Å². The fraction of sp³-hybridized carbons (Fsp3) is 0.261. The Kier molecular flexibility index (Phi) is 6.82. The maximum absolute atomic E-state index is 13.6. The summed E-state index contributed by atoms with van der Waals surface area (Å²) in [6, 6.07) is 10.9. The molecule has 0 spiro atoms. The molecule has 4 rings (SSSR count). The second-order valence-corrected chi connectivity index (χ2v) is 9.27. The Balaban J connectivity index is 1.84. The molecule has 4 aromatic rings. The second kappa shape index (κ2) is 9.96. The zero-order valence-electron chi connectivity index (χ0n) is 18.7. The lowest BCUT2D eigenvalue weighted by molar-refractivity contribution is 0.0526. The molecule has 176 valence electrons. The fourth-order valence-corrected chi connectivity index (χ4v) is 4.77. The molecule has 0 N–H and O–H groups in total. The molecule has 0 saturated carbocycles. The minimum Gasteiger partial charge on any atom is -0.494 e. The van der Waals surface area contributed by atoms with Crippen molar-refractivity contribution in [1.29, 1.82) is 0 Å². The number of fused-ring (bicyclic) bond motifs is 1. The molecular weight excluding hydrogens is 458 g/mol. The summed E-state index contributed by atoms with van der Waals surface area (Å²) >= 11 is 0. The molecule has 2 aromatic carbocycles. The van der Waals surface area contributed by atoms with E-state index in [1.165, 1.54) is 35.4 Å². The molecule has 0 bridgehead atoms. The van der Waals surface area contributed by atoms with Crippen molar-refractivity contribution in [3.63, 3.8) is 0 Å². The van der Waals surface area contributed by atoms with Crippen LogP contribution in [0.5, 0.6) is 5.75 Å². The van der Waals surface area contributed by atoms with E-state index in [1.54, 1.807) is 31.2 Å². The van der Waals surface area contributed by atoms with Crippen molar-refractivity contribution in [2.24, 2.45) is 0 Å². The van der Waals surface area contributed by atoms with E-state index >= 15 is 0 Å². The van der Waals surface area contributed by atoms with E-state index in [0.29, 0.717) is 23.3 Å². The van der Waals surface area contributed by atoms with Gasteiger partial charge in [-0.25, -0.2) is 13.2 Å². The van der Waals surface area contributed by atoms with Crippen LogP contribution in [0.15, 0.2) is 64.8 Å². The third-order valence-corrected chi connectivity index (χ3v) is 6.86. The highest BCUT2D eigenvalue weighted by Gasteiger charge is 2.26. The monoisotopic (exact) mass is 481 g/mol. The Labute approximate surface area is 196 Å². The van der Waals surface area contributed by atoms with Crippen molar-refractivity contribution in [1.82, 2.24) is 25.2 Å². The Morgan fingerprint density at radius 1 is 1.09 bits per heavy atom. The Hall–Kier alpha value is -3.86. The van der Waals surface area contributed by atoms with Crippen LogP contribution in [-0.4, -0.2) is 52.8 Å². The fourth-order valence-electron chi connectivity index (χ4n) is 3.37. The summed E-state index contributed by atoms with van der Waals surface area (Å²) in [5.74, 6) is 0.0581. The van der Waals surface area contributed by atoms with E-state index in [9.17, 15) is 13.2 Å². The molecule has 2 heterocycles. The highest BCUT2D eigenvalue weighted by Crippen LogP contribution is 2.32. The number of tetrazole rings is 1. The summed E-state index contributed by atoms with van der Waals surface area (Å²) in [6.45, 7) is 4.54. The third-order valence-electron chi connectivity index (χ3n) is 5.09. The number of unbranched alkanes of at least 4 members (excludes halogenated alkanes) is 1. The summed E-state index contributed by atoms with van der Waals surface area (Å²) in [4.78, 5) is 16.6. The van der Waals surface area contributed by atoms with Crippen LogP contribution in [0.3, 0.4) is 0 Å². The van der Waals surface area contributed by atoms with E-state index in [4.69, 9.17) is 9.47 Å². The lowest BCUT2D eigenvalue weighted by Gasteiger charge is -2.14. The van der Waals surface area contributed by atoms with Gasteiger partial charge < -0.3 is 9.47 Å². The summed E-state index contributed by atoms with van der Waals surface area (Å²) in [7, 11) is -4.02. The first-order valence-electron chi connectivity index (χ1n) is 10.8. The van der Waals surface area contributed by atoms with Gasteiger partial charge in [0, 0.05) is 11.6 Å². The van der Waals surface area contributed by atoms with Crippen LogP contribution in [0.4, 0.5) is 0 Å². The number of pyridine rings is 1. The molecule has 11 heteroatoms. The summed E-state index contributed by atoms with van der Waals surface area (Å²) in [6.07, 6.45) is 4.46.